The van der Waals surface area contributed by atoms with Crippen molar-refractivity contribution < 1.29 is 9.13 Å². The number of guanidine groups is 1. The van der Waals surface area contributed by atoms with Gasteiger partial charge in [-0.05, 0) is 50.3 Å². The zero-order valence-electron chi connectivity index (χ0n) is 17.0. The van der Waals surface area contributed by atoms with E-state index in [0.717, 1.165) is 70.0 Å². The highest BCUT2D eigenvalue weighted by molar-refractivity contribution is 14.0. The Bertz CT molecular complexity index is 631. The summed E-state index contributed by atoms with van der Waals surface area (Å²) in [6.07, 6.45) is 4.39. The second-order valence-electron chi connectivity index (χ2n) is 7.74. The SMILES string of the molecule is CCNC(=NCC1(c2cccc(F)c2)CC1)NC1CCN(CCOC)CC1.I. The molecule has 2 N–H and O–H groups in total. The molecule has 1 heterocycles. The summed E-state index contributed by atoms with van der Waals surface area (Å²) in [7, 11) is 1.75. The number of ether oxygens (including phenoxy) is 1. The molecule has 1 aliphatic heterocycles. The lowest BCUT2D eigenvalue weighted by molar-refractivity contribution is 0.128. The van der Waals surface area contributed by atoms with Gasteiger partial charge < -0.3 is 20.3 Å². The molecule has 1 aromatic rings. The van der Waals surface area contributed by atoms with Crippen LogP contribution in [0.5, 0.6) is 0 Å². The molecular formula is C21H34FIN4O. The minimum atomic E-state index is -0.159. The molecule has 0 aromatic heterocycles. The van der Waals surface area contributed by atoms with E-state index in [9.17, 15) is 4.39 Å². The van der Waals surface area contributed by atoms with Crippen LogP contribution in [-0.2, 0) is 10.2 Å². The number of rotatable bonds is 8. The van der Waals surface area contributed by atoms with Crippen LogP contribution in [0, 0.1) is 5.82 Å². The third-order valence-corrected chi connectivity index (χ3v) is 5.71. The highest BCUT2D eigenvalue weighted by Gasteiger charge is 2.44. The molecule has 0 radical (unpaired) electrons. The van der Waals surface area contributed by atoms with Crippen LogP contribution in [0.2, 0.25) is 0 Å². The fourth-order valence-corrected chi connectivity index (χ4v) is 3.77. The Kier molecular flexibility index (Phi) is 9.43. The van der Waals surface area contributed by atoms with E-state index in [1.54, 1.807) is 19.2 Å². The molecule has 158 valence electrons. The predicted octanol–water partition coefficient (Wildman–Crippen LogP) is 3.14. The van der Waals surface area contributed by atoms with Gasteiger partial charge in [0.1, 0.15) is 5.82 Å². The quantitative estimate of drug-likeness (QED) is 0.325. The summed E-state index contributed by atoms with van der Waals surface area (Å²) < 4.78 is 18.8. The third kappa shape index (κ3) is 6.56. The van der Waals surface area contributed by atoms with Crippen molar-refractivity contribution in [3.63, 3.8) is 0 Å². The summed E-state index contributed by atoms with van der Waals surface area (Å²) >= 11 is 0. The van der Waals surface area contributed by atoms with Gasteiger partial charge in [-0.25, -0.2) is 4.39 Å². The maximum atomic E-state index is 13.6. The molecule has 2 aliphatic rings. The highest BCUT2D eigenvalue weighted by Crippen LogP contribution is 2.48. The second kappa shape index (κ2) is 11.3. The van der Waals surface area contributed by atoms with E-state index in [0.29, 0.717) is 12.6 Å². The van der Waals surface area contributed by atoms with Crippen molar-refractivity contribution >= 4 is 29.9 Å². The van der Waals surface area contributed by atoms with E-state index < -0.39 is 0 Å². The topological polar surface area (TPSA) is 48.9 Å². The molecule has 0 atom stereocenters. The molecular weight excluding hydrogens is 470 g/mol. The van der Waals surface area contributed by atoms with Crippen LogP contribution < -0.4 is 10.6 Å². The van der Waals surface area contributed by atoms with Crippen LogP contribution >= 0.6 is 24.0 Å². The Balaban J connectivity index is 0.00000280. The number of methoxy groups -OCH3 is 1. The van der Waals surface area contributed by atoms with Gasteiger partial charge in [0, 0.05) is 44.7 Å². The summed E-state index contributed by atoms with van der Waals surface area (Å²) in [6.45, 7) is 7.62. The van der Waals surface area contributed by atoms with Crippen LogP contribution in [-0.4, -0.2) is 63.3 Å². The molecule has 5 nitrogen and oxygen atoms in total. The van der Waals surface area contributed by atoms with Crippen LogP contribution in [0.15, 0.2) is 29.3 Å². The fourth-order valence-electron chi connectivity index (χ4n) is 3.77. The number of hydrogen-bond acceptors (Lipinski definition) is 3. The first-order valence-corrected chi connectivity index (χ1v) is 10.2. The van der Waals surface area contributed by atoms with E-state index in [4.69, 9.17) is 9.73 Å². The fraction of sp³-hybridized carbons (Fsp3) is 0.667. The Morgan fingerprint density at radius 3 is 2.68 bits per heavy atom. The smallest absolute Gasteiger partial charge is 0.191 e. The minimum absolute atomic E-state index is 0. The predicted molar refractivity (Wildman–Crippen MR) is 123 cm³/mol. The number of aliphatic imine (C=N–C) groups is 1. The van der Waals surface area contributed by atoms with Crippen molar-refractivity contribution in [1.82, 2.24) is 15.5 Å². The number of likely N-dealkylation sites (tertiary alicyclic amines) is 1. The van der Waals surface area contributed by atoms with Gasteiger partial charge in [0.15, 0.2) is 5.96 Å². The average molecular weight is 504 g/mol. The van der Waals surface area contributed by atoms with Crippen molar-refractivity contribution in [1.29, 1.82) is 0 Å². The number of halogens is 2. The van der Waals surface area contributed by atoms with Gasteiger partial charge in [-0.2, -0.15) is 0 Å². The lowest BCUT2D eigenvalue weighted by Crippen LogP contribution is -2.49. The number of hydrogen-bond donors (Lipinski definition) is 2. The molecule has 3 rings (SSSR count). The zero-order chi connectivity index (χ0) is 19.1. The van der Waals surface area contributed by atoms with Gasteiger partial charge in [0.2, 0.25) is 0 Å². The van der Waals surface area contributed by atoms with Gasteiger partial charge in [0.05, 0.1) is 13.2 Å². The Morgan fingerprint density at radius 1 is 1.32 bits per heavy atom. The first kappa shape index (κ1) is 23.3. The molecule has 28 heavy (non-hydrogen) atoms. The van der Waals surface area contributed by atoms with E-state index in [-0.39, 0.29) is 35.2 Å². The van der Waals surface area contributed by atoms with Crippen LogP contribution in [0.3, 0.4) is 0 Å². The molecule has 1 aliphatic carbocycles. The van der Waals surface area contributed by atoms with Crippen molar-refractivity contribution in [2.45, 2.75) is 44.1 Å². The Morgan fingerprint density at radius 2 is 2.07 bits per heavy atom. The number of piperidine rings is 1. The first-order chi connectivity index (χ1) is 13.1. The van der Waals surface area contributed by atoms with Crippen molar-refractivity contribution in [2.75, 3.05) is 46.4 Å². The number of nitrogens with one attached hydrogen (secondary N) is 2. The standard InChI is InChI=1S/C21H33FN4O.HI/c1-3-23-20(25-19-7-11-26(12-8-19)13-14-27-2)24-16-21(9-10-21)17-5-4-6-18(22)15-17;/h4-6,15,19H,3,7-14,16H2,1-2H3,(H2,23,24,25);1H. The summed E-state index contributed by atoms with van der Waals surface area (Å²) in [6, 6.07) is 7.45. The van der Waals surface area contributed by atoms with Crippen molar-refractivity contribution in [2.24, 2.45) is 4.99 Å². The third-order valence-electron chi connectivity index (χ3n) is 5.71. The molecule has 0 amide bonds. The lowest BCUT2D eigenvalue weighted by atomic mass is 9.96. The van der Waals surface area contributed by atoms with E-state index in [1.165, 1.54) is 6.07 Å². The lowest BCUT2D eigenvalue weighted by Gasteiger charge is -2.33. The van der Waals surface area contributed by atoms with Crippen LogP contribution in [0.25, 0.3) is 0 Å². The molecule has 1 saturated heterocycles. The summed E-state index contributed by atoms with van der Waals surface area (Å²) in [4.78, 5) is 7.31. The van der Waals surface area contributed by atoms with Gasteiger partial charge >= 0.3 is 0 Å². The Hall–Kier alpha value is -0.930. The largest absolute Gasteiger partial charge is 0.383 e. The number of benzene rings is 1. The van der Waals surface area contributed by atoms with Gasteiger partial charge in [-0.1, -0.05) is 12.1 Å². The molecule has 1 aromatic carbocycles. The monoisotopic (exact) mass is 504 g/mol. The maximum absolute atomic E-state index is 13.6. The summed E-state index contributed by atoms with van der Waals surface area (Å²) in [5.74, 6) is 0.725. The van der Waals surface area contributed by atoms with Crippen molar-refractivity contribution in [3.8, 4) is 0 Å². The maximum Gasteiger partial charge on any atom is 0.191 e. The normalized spacial score (nSPS) is 19.8. The van der Waals surface area contributed by atoms with Crippen LogP contribution in [0.1, 0.15) is 38.2 Å². The molecule has 1 saturated carbocycles. The average Bonchev–Trinajstić information content (AvgIpc) is 3.47. The molecule has 0 spiro atoms. The summed E-state index contributed by atoms with van der Waals surface area (Å²) in [5, 5.41) is 6.97. The summed E-state index contributed by atoms with van der Waals surface area (Å²) in [5.41, 5.74) is 1.10. The minimum Gasteiger partial charge on any atom is -0.383 e. The van der Waals surface area contributed by atoms with Crippen molar-refractivity contribution in [3.05, 3.63) is 35.6 Å². The van der Waals surface area contributed by atoms with E-state index >= 15 is 0 Å². The second-order valence-corrected chi connectivity index (χ2v) is 7.74. The molecule has 7 heteroatoms. The first-order valence-electron chi connectivity index (χ1n) is 10.2. The van der Waals surface area contributed by atoms with Gasteiger partial charge in [-0.15, -0.1) is 24.0 Å². The number of nitrogens with zero attached hydrogens (tertiary/aromatic N) is 2. The van der Waals surface area contributed by atoms with Crippen LogP contribution in [0.4, 0.5) is 4.39 Å². The molecule has 2 fully saturated rings. The molecule has 0 bridgehead atoms. The Labute approximate surface area is 185 Å². The van der Waals surface area contributed by atoms with Gasteiger partial charge in [0.25, 0.3) is 0 Å². The van der Waals surface area contributed by atoms with E-state index in [1.807, 2.05) is 6.07 Å². The zero-order valence-corrected chi connectivity index (χ0v) is 19.4. The molecule has 0 unspecified atom stereocenters. The van der Waals surface area contributed by atoms with E-state index in [2.05, 4.69) is 22.5 Å². The highest BCUT2D eigenvalue weighted by atomic mass is 127. The van der Waals surface area contributed by atoms with Gasteiger partial charge in [-0.3, -0.25) is 4.99 Å².